The van der Waals surface area contributed by atoms with Crippen LogP contribution in [0.1, 0.15) is 12.5 Å². The van der Waals surface area contributed by atoms with Gasteiger partial charge in [-0.1, -0.05) is 6.07 Å². The molecule has 88 valence electrons. The molecule has 0 aliphatic heterocycles. The monoisotopic (exact) mass is 229 g/mol. The molecule has 0 bridgehead atoms. The Morgan fingerprint density at radius 2 is 2.00 bits per heavy atom. The average Bonchev–Trinajstić information content (AvgIpc) is 2.40. The minimum atomic E-state index is 0.707. The highest BCUT2D eigenvalue weighted by Gasteiger charge is 1.99. The Hall–Kier alpha value is -1.87. The summed E-state index contributed by atoms with van der Waals surface area (Å²) in [5.41, 5.74) is 2.43. The Bertz CT molecular complexity index is 440. The van der Waals surface area contributed by atoms with Gasteiger partial charge < -0.3 is 10.1 Å². The van der Waals surface area contributed by atoms with Crippen LogP contribution in [0.25, 0.3) is 0 Å². The first-order valence-corrected chi connectivity index (χ1v) is 5.83. The number of rotatable bonds is 5. The largest absolute Gasteiger partial charge is 0.494 e. The lowest BCUT2D eigenvalue weighted by molar-refractivity contribution is -0.588. The number of quaternary nitrogens is 1. The van der Waals surface area contributed by atoms with Crippen LogP contribution in [0.5, 0.6) is 5.75 Å². The molecule has 0 aliphatic rings. The van der Waals surface area contributed by atoms with Gasteiger partial charge in [0.2, 0.25) is 0 Å². The van der Waals surface area contributed by atoms with Crippen molar-refractivity contribution in [2.75, 3.05) is 6.61 Å². The molecular weight excluding hydrogens is 212 g/mol. The van der Waals surface area contributed by atoms with E-state index in [0.29, 0.717) is 6.61 Å². The summed E-state index contributed by atoms with van der Waals surface area (Å²) in [5, 5.41) is 2.19. The van der Waals surface area contributed by atoms with Crippen LogP contribution < -0.4 is 10.1 Å². The number of hydrogen-bond donors (Lipinski definition) is 1. The van der Waals surface area contributed by atoms with E-state index >= 15 is 0 Å². The third kappa shape index (κ3) is 3.57. The lowest BCUT2D eigenvalue weighted by Gasteiger charge is -2.04. The summed E-state index contributed by atoms with van der Waals surface area (Å²) in [5.74, 6) is 0.922. The summed E-state index contributed by atoms with van der Waals surface area (Å²) in [4.78, 5) is 4.10. The molecule has 2 rings (SSSR count). The third-order valence-electron chi connectivity index (χ3n) is 2.49. The fourth-order valence-corrected chi connectivity index (χ4v) is 1.62. The van der Waals surface area contributed by atoms with Crippen molar-refractivity contribution in [2.45, 2.75) is 13.5 Å². The lowest BCUT2D eigenvalue weighted by Crippen LogP contribution is -2.76. The molecule has 3 heteroatoms. The number of nitrogens with two attached hydrogens (primary N) is 1. The number of aromatic nitrogens is 1. The van der Waals surface area contributed by atoms with E-state index in [1.165, 1.54) is 11.3 Å². The van der Waals surface area contributed by atoms with Gasteiger partial charge in [-0.25, -0.2) is 0 Å². The van der Waals surface area contributed by atoms with Crippen LogP contribution in [0, 0.1) is 0 Å². The summed E-state index contributed by atoms with van der Waals surface area (Å²) in [7, 11) is 0. The van der Waals surface area contributed by atoms with Crippen molar-refractivity contribution in [3.63, 3.8) is 0 Å². The Morgan fingerprint density at radius 1 is 1.18 bits per heavy atom. The van der Waals surface area contributed by atoms with Gasteiger partial charge in [0.15, 0.2) is 0 Å². The minimum Gasteiger partial charge on any atom is -0.494 e. The van der Waals surface area contributed by atoms with Gasteiger partial charge in [-0.05, 0) is 25.1 Å². The topological polar surface area (TPSA) is 38.7 Å². The molecule has 1 heterocycles. The predicted molar refractivity (Wildman–Crippen MR) is 67.1 cm³/mol. The highest BCUT2D eigenvalue weighted by Crippen LogP contribution is 2.12. The molecule has 0 atom stereocenters. The maximum absolute atomic E-state index is 5.40. The van der Waals surface area contributed by atoms with Gasteiger partial charge in [0.25, 0.3) is 0 Å². The Kier molecular flexibility index (Phi) is 4.11. The van der Waals surface area contributed by atoms with Gasteiger partial charge in [0.05, 0.1) is 6.61 Å². The van der Waals surface area contributed by atoms with Gasteiger partial charge in [-0.2, -0.15) is 0 Å². The molecule has 0 unspecified atom stereocenters. The lowest BCUT2D eigenvalue weighted by atomic mass is 10.2. The van der Waals surface area contributed by atoms with Gasteiger partial charge in [-0.3, -0.25) is 4.98 Å². The molecule has 3 nitrogen and oxygen atoms in total. The second-order valence-electron chi connectivity index (χ2n) is 3.77. The van der Waals surface area contributed by atoms with Crippen LogP contribution in [0.3, 0.4) is 0 Å². The van der Waals surface area contributed by atoms with Crippen LogP contribution in [-0.2, 0) is 6.54 Å². The van der Waals surface area contributed by atoms with E-state index in [4.69, 9.17) is 4.74 Å². The van der Waals surface area contributed by atoms with Gasteiger partial charge in [0.1, 0.15) is 18.0 Å². The van der Waals surface area contributed by atoms with Gasteiger partial charge >= 0.3 is 0 Å². The number of benzene rings is 1. The molecule has 17 heavy (non-hydrogen) atoms. The number of hydrogen-bond acceptors (Lipinski definition) is 2. The summed E-state index contributed by atoms with van der Waals surface area (Å²) in [6.07, 6.45) is 3.69. The molecule has 0 spiro atoms. The smallest absolute Gasteiger partial charge is 0.130 e. The quantitative estimate of drug-likeness (QED) is 0.795. The Morgan fingerprint density at radius 3 is 2.65 bits per heavy atom. The molecule has 2 aromatic rings. The molecule has 0 fully saturated rings. The second kappa shape index (κ2) is 6.01. The van der Waals surface area contributed by atoms with Crippen molar-refractivity contribution < 1.29 is 10.1 Å². The average molecular weight is 229 g/mol. The Balaban J connectivity index is 1.91. The summed E-state index contributed by atoms with van der Waals surface area (Å²) < 4.78 is 5.40. The zero-order valence-corrected chi connectivity index (χ0v) is 9.97. The van der Waals surface area contributed by atoms with Gasteiger partial charge in [0, 0.05) is 30.1 Å². The van der Waals surface area contributed by atoms with E-state index in [-0.39, 0.29) is 0 Å². The van der Waals surface area contributed by atoms with Crippen LogP contribution >= 0.6 is 0 Å². The first-order chi connectivity index (χ1) is 8.38. The predicted octanol–water partition coefficient (Wildman–Crippen LogP) is 1.88. The molecule has 1 aromatic carbocycles. The van der Waals surface area contributed by atoms with E-state index in [2.05, 4.69) is 28.5 Å². The summed E-state index contributed by atoms with van der Waals surface area (Å²) >= 11 is 0. The molecule has 0 amide bonds. The summed E-state index contributed by atoms with van der Waals surface area (Å²) in [6.45, 7) is 3.60. The fraction of sp³-hybridized carbons (Fsp3) is 0.214. The second-order valence-corrected chi connectivity index (χ2v) is 3.77. The Labute approximate surface area is 101 Å². The zero-order chi connectivity index (χ0) is 11.9. The number of nitrogens with zero attached hydrogens (tertiary/aromatic N) is 1. The fourth-order valence-electron chi connectivity index (χ4n) is 1.62. The highest BCUT2D eigenvalue weighted by atomic mass is 16.5. The zero-order valence-electron chi connectivity index (χ0n) is 9.97. The van der Waals surface area contributed by atoms with Crippen LogP contribution in [-0.4, -0.2) is 11.6 Å². The molecule has 2 N–H and O–H groups in total. The molecule has 1 aromatic heterocycles. The third-order valence-corrected chi connectivity index (χ3v) is 2.49. The van der Waals surface area contributed by atoms with Gasteiger partial charge in [-0.15, -0.1) is 0 Å². The molecule has 0 radical (unpaired) electrons. The van der Waals surface area contributed by atoms with Crippen molar-refractivity contribution in [1.29, 1.82) is 0 Å². The van der Waals surface area contributed by atoms with Crippen molar-refractivity contribution in [3.05, 3.63) is 54.4 Å². The van der Waals surface area contributed by atoms with E-state index in [1.54, 1.807) is 6.20 Å². The van der Waals surface area contributed by atoms with Crippen LogP contribution in [0.15, 0.2) is 48.8 Å². The maximum Gasteiger partial charge on any atom is 0.130 e. The standard InChI is InChI=1S/C14H16N2O/c1-2-17-14-7-5-13(6-8-14)16-11-12-4-3-9-15-10-12/h3-10,16H,2,11H2,1H3/p+1. The van der Waals surface area contributed by atoms with Crippen molar-refractivity contribution in [1.82, 2.24) is 4.98 Å². The van der Waals surface area contributed by atoms with Crippen molar-refractivity contribution >= 4 is 5.69 Å². The van der Waals surface area contributed by atoms with E-state index in [0.717, 1.165) is 12.3 Å². The SMILES string of the molecule is CCOc1ccc([NH2+]Cc2cccnc2)cc1. The molecule has 0 aliphatic carbocycles. The molecule has 0 saturated carbocycles. The first kappa shape index (κ1) is 11.6. The first-order valence-electron chi connectivity index (χ1n) is 5.83. The van der Waals surface area contributed by atoms with E-state index < -0.39 is 0 Å². The number of ether oxygens (including phenoxy) is 1. The van der Waals surface area contributed by atoms with Crippen molar-refractivity contribution in [2.24, 2.45) is 0 Å². The minimum absolute atomic E-state index is 0.707. The van der Waals surface area contributed by atoms with E-state index in [9.17, 15) is 0 Å². The van der Waals surface area contributed by atoms with Crippen molar-refractivity contribution in [3.8, 4) is 5.75 Å². The van der Waals surface area contributed by atoms with Crippen LogP contribution in [0.4, 0.5) is 5.69 Å². The highest BCUT2D eigenvalue weighted by molar-refractivity contribution is 5.35. The molecule has 0 saturated heterocycles. The summed E-state index contributed by atoms with van der Waals surface area (Å²) in [6, 6.07) is 12.2. The normalized spacial score (nSPS) is 10.2. The molecular formula is C14H17N2O+. The van der Waals surface area contributed by atoms with Crippen LogP contribution in [0.2, 0.25) is 0 Å². The van der Waals surface area contributed by atoms with E-state index in [1.807, 2.05) is 31.3 Å². The number of pyridine rings is 1. The maximum atomic E-state index is 5.40.